The van der Waals surface area contributed by atoms with E-state index in [1.807, 2.05) is 4.90 Å². The van der Waals surface area contributed by atoms with Gasteiger partial charge in [0.15, 0.2) is 0 Å². The van der Waals surface area contributed by atoms with Crippen molar-refractivity contribution in [1.82, 2.24) is 9.97 Å². The van der Waals surface area contributed by atoms with Crippen molar-refractivity contribution < 1.29 is 14.5 Å². The lowest BCUT2D eigenvalue weighted by atomic mass is 9.98. The number of H-pyrrole nitrogens is 1. The van der Waals surface area contributed by atoms with Gasteiger partial charge in [0, 0.05) is 24.2 Å². The number of nitro benzene ring substituents is 1. The van der Waals surface area contributed by atoms with Gasteiger partial charge in [0.1, 0.15) is 18.1 Å². The van der Waals surface area contributed by atoms with Gasteiger partial charge in [-0.1, -0.05) is 18.5 Å². The van der Waals surface area contributed by atoms with Crippen LogP contribution < -0.4 is 10.5 Å². The van der Waals surface area contributed by atoms with E-state index in [-0.39, 0.29) is 29.2 Å². The number of ether oxygens (including phenoxy) is 1. The van der Waals surface area contributed by atoms with Crippen LogP contribution in [0.4, 0.5) is 11.4 Å². The standard InChI is InChI=1S/C22H21ClN4O5/c1-13-6-8-26(9-7-13)18-5-2-14(10-19(18)27(30)31)22(29)32-12-20-24-17-11-15(23)3-4-16(17)21(28)25-20/h2-5,10-11,13H,6-9,12H2,1H3,(H,24,25,28). The van der Waals surface area contributed by atoms with Crippen molar-refractivity contribution in [2.75, 3.05) is 18.0 Å². The first-order chi connectivity index (χ1) is 15.3. The van der Waals surface area contributed by atoms with Gasteiger partial charge in [0.25, 0.3) is 11.2 Å². The van der Waals surface area contributed by atoms with E-state index >= 15 is 0 Å². The van der Waals surface area contributed by atoms with E-state index in [9.17, 15) is 19.7 Å². The summed E-state index contributed by atoms with van der Waals surface area (Å²) in [6.07, 6.45) is 1.92. The second-order valence-electron chi connectivity index (χ2n) is 7.88. The van der Waals surface area contributed by atoms with Gasteiger partial charge in [-0.2, -0.15) is 0 Å². The second-order valence-corrected chi connectivity index (χ2v) is 8.32. The number of piperidine rings is 1. The summed E-state index contributed by atoms with van der Waals surface area (Å²) < 4.78 is 5.24. The Bertz CT molecular complexity index is 1250. The molecule has 0 amide bonds. The second kappa shape index (κ2) is 8.96. The monoisotopic (exact) mass is 456 g/mol. The van der Waals surface area contributed by atoms with E-state index in [1.54, 1.807) is 24.3 Å². The summed E-state index contributed by atoms with van der Waals surface area (Å²) in [4.78, 5) is 44.7. The molecule has 0 saturated carbocycles. The number of hydrogen-bond donors (Lipinski definition) is 1. The van der Waals surface area contributed by atoms with Crippen LogP contribution in [0.2, 0.25) is 5.02 Å². The molecule has 1 aliphatic heterocycles. The predicted octanol–water partition coefficient (Wildman–Crippen LogP) is 4.08. The number of aromatic nitrogens is 2. The number of esters is 1. The van der Waals surface area contributed by atoms with E-state index in [1.165, 1.54) is 12.1 Å². The molecule has 1 fully saturated rings. The molecular weight excluding hydrogens is 436 g/mol. The lowest BCUT2D eigenvalue weighted by Crippen LogP contribution is -2.33. The van der Waals surface area contributed by atoms with Crippen LogP contribution >= 0.6 is 11.6 Å². The molecule has 0 atom stereocenters. The molecule has 2 heterocycles. The van der Waals surface area contributed by atoms with Crippen molar-refractivity contribution >= 4 is 39.8 Å². The van der Waals surface area contributed by atoms with E-state index in [2.05, 4.69) is 16.9 Å². The number of anilines is 1. The number of carbonyl (C=O) groups excluding carboxylic acids is 1. The Morgan fingerprint density at radius 2 is 2.03 bits per heavy atom. The average Bonchev–Trinajstić information content (AvgIpc) is 2.77. The molecule has 1 N–H and O–H groups in total. The zero-order valence-electron chi connectivity index (χ0n) is 17.3. The number of aromatic amines is 1. The third kappa shape index (κ3) is 4.57. The quantitative estimate of drug-likeness (QED) is 0.349. The lowest BCUT2D eigenvalue weighted by Gasteiger charge is -2.31. The summed E-state index contributed by atoms with van der Waals surface area (Å²) in [6.45, 7) is 3.33. The van der Waals surface area contributed by atoms with Crippen LogP contribution in [0, 0.1) is 16.0 Å². The molecule has 0 spiro atoms. The molecule has 0 bridgehead atoms. The molecule has 0 radical (unpaired) electrons. The number of rotatable bonds is 5. The highest BCUT2D eigenvalue weighted by Gasteiger charge is 2.25. The van der Waals surface area contributed by atoms with Crippen molar-refractivity contribution in [3.8, 4) is 0 Å². The molecule has 9 nitrogen and oxygen atoms in total. The lowest BCUT2D eigenvalue weighted by molar-refractivity contribution is -0.384. The number of nitro groups is 1. The molecule has 0 aliphatic carbocycles. The molecule has 166 valence electrons. The zero-order valence-corrected chi connectivity index (χ0v) is 18.1. The van der Waals surface area contributed by atoms with Gasteiger partial charge in [-0.05, 0) is 49.1 Å². The number of carbonyl (C=O) groups is 1. The van der Waals surface area contributed by atoms with Gasteiger partial charge in [0.05, 0.1) is 21.4 Å². The van der Waals surface area contributed by atoms with Gasteiger partial charge in [-0.3, -0.25) is 14.9 Å². The van der Waals surface area contributed by atoms with Gasteiger partial charge in [0.2, 0.25) is 0 Å². The van der Waals surface area contributed by atoms with Crippen LogP contribution in [-0.4, -0.2) is 34.0 Å². The number of nitrogens with one attached hydrogen (secondary N) is 1. The van der Waals surface area contributed by atoms with Gasteiger partial charge in [-0.15, -0.1) is 0 Å². The molecule has 2 aromatic carbocycles. The summed E-state index contributed by atoms with van der Waals surface area (Å²) in [5.74, 6) is -0.0156. The fourth-order valence-corrected chi connectivity index (χ4v) is 3.93. The van der Waals surface area contributed by atoms with Crippen molar-refractivity contribution in [2.24, 2.45) is 5.92 Å². The maximum absolute atomic E-state index is 12.5. The van der Waals surface area contributed by atoms with Gasteiger partial charge in [-0.25, -0.2) is 9.78 Å². The number of halogens is 1. The van der Waals surface area contributed by atoms with Crippen LogP contribution in [0.3, 0.4) is 0 Å². The average molecular weight is 457 g/mol. The van der Waals surface area contributed by atoms with Crippen molar-refractivity contribution in [2.45, 2.75) is 26.4 Å². The first kappa shape index (κ1) is 21.8. The van der Waals surface area contributed by atoms with Crippen molar-refractivity contribution in [3.63, 3.8) is 0 Å². The van der Waals surface area contributed by atoms with E-state index in [4.69, 9.17) is 16.3 Å². The maximum atomic E-state index is 12.5. The van der Waals surface area contributed by atoms with Gasteiger partial charge >= 0.3 is 5.97 Å². The fraction of sp³-hybridized carbons (Fsp3) is 0.318. The smallest absolute Gasteiger partial charge is 0.338 e. The van der Waals surface area contributed by atoms with Crippen LogP contribution in [0.15, 0.2) is 41.2 Å². The Morgan fingerprint density at radius 3 is 2.75 bits per heavy atom. The fourth-order valence-electron chi connectivity index (χ4n) is 3.76. The predicted molar refractivity (Wildman–Crippen MR) is 120 cm³/mol. The summed E-state index contributed by atoms with van der Waals surface area (Å²) in [7, 11) is 0. The first-order valence-electron chi connectivity index (χ1n) is 10.2. The van der Waals surface area contributed by atoms with Crippen LogP contribution in [0.5, 0.6) is 0 Å². The Balaban J connectivity index is 1.52. The van der Waals surface area contributed by atoms with Crippen LogP contribution in [-0.2, 0) is 11.3 Å². The van der Waals surface area contributed by atoms with Crippen LogP contribution in [0.25, 0.3) is 10.9 Å². The molecule has 1 saturated heterocycles. The normalized spacial score (nSPS) is 14.5. The van der Waals surface area contributed by atoms with E-state index in [0.717, 1.165) is 25.9 Å². The minimum absolute atomic E-state index is 0.0528. The number of benzene rings is 2. The maximum Gasteiger partial charge on any atom is 0.338 e. The van der Waals surface area contributed by atoms with Crippen LogP contribution in [0.1, 0.15) is 35.9 Å². The number of nitrogens with zero attached hydrogens (tertiary/aromatic N) is 3. The Labute approximate surface area is 188 Å². The summed E-state index contributed by atoms with van der Waals surface area (Å²) in [6, 6.07) is 9.01. The van der Waals surface area contributed by atoms with E-state index < -0.39 is 10.9 Å². The van der Waals surface area contributed by atoms with Crippen molar-refractivity contribution in [3.05, 3.63) is 73.3 Å². The SMILES string of the molecule is CC1CCN(c2ccc(C(=O)OCc3nc4cc(Cl)ccc4c(=O)[nH]3)cc2[N+](=O)[O-])CC1. The summed E-state index contributed by atoms with van der Waals surface area (Å²) >= 11 is 5.95. The third-order valence-electron chi connectivity index (χ3n) is 5.59. The highest BCUT2D eigenvalue weighted by Crippen LogP contribution is 2.32. The number of hydrogen-bond acceptors (Lipinski definition) is 7. The zero-order chi connectivity index (χ0) is 22.8. The third-order valence-corrected chi connectivity index (χ3v) is 5.82. The number of fused-ring (bicyclic) bond motifs is 1. The minimum atomic E-state index is -0.749. The first-order valence-corrected chi connectivity index (χ1v) is 10.6. The Morgan fingerprint density at radius 1 is 1.28 bits per heavy atom. The largest absolute Gasteiger partial charge is 0.454 e. The molecular formula is C22H21ClN4O5. The minimum Gasteiger partial charge on any atom is -0.454 e. The van der Waals surface area contributed by atoms with Crippen molar-refractivity contribution in [1.29, 1.82) is 0 Å². The summed E-state index contributed by atoms with van der Waals surface area (Å²) in [5, 5.41) is 12.4. The van der Waals surface area contributed by atoms with Gasteiger partial charge < -0.3 is 14.6 Å². The molecule has 1 aliphatic rings. The summed E-state index contributed by atoms with van der Waals surface area (Å²) in [5.41, 5.74) is 0.408. The Hall–Kier alpha value is -3.46. The Kier molecular flexibility index (Phi) is 6.09. The topological polar surface area (TPSA) is 118 Å². The molecule has 10 heteroatoms. The molecule has 0 unspecified atom stereocenters. The molecule has 4 rings (SSSR count). The molecule has 32 heavy (non-hydrogen) atoms. The highest BCUT2D eigenvalue weighted by molar-refractivity contribution is 6.31. The molecule has 1 aromatic heterocycles. The highest BCUT2D eigenvalue weighted by atomic mass is 35.5. The van der Waals surface area contributed by atoms with E-state index in [0.29, 0.717) is 27.5 Å². The molecule has 3 aromatic rings.